The van der Waals surface area contributed by atoms with Crippen LogP contribution in [0.3, 0.4) is 0 Å². The maximum Gasteiger partial charge on any atom is 0.0502 e. The van der Waals surface area contributed by atoms with E-state index in [1.807, 2.05) is 0 Å². The first-order valence-electron chi connectivity index (χ1n) is 5.18. The smallest absolute Gasteiger partial charge is 0.0502 e. The first-order valence-corrected chi connectivity index (χ1v) is 5.18. The molecule has 80 valence electrons. The fraction of sp³-hybridized carbons (Fsp3) is 1.00. The second-order valence-electron chi connectivity index (χ2n) is 4.88. The molecule has 2 nitrogen and oxygen atoms in total. The highest BCUT2D eigenvalue weighted by Crippen LogP contribution is 2.25. The van der Waals surface area contributed by atoms with E-state index < -0.39 is 0 Å². The summed E-state index contributed by atoms with van der Waals surface area (Å²) in [5.74, 6) is 0.734. The van der Waals surface area contributed by atoms with E-state index >= 15 is 0 Å². The molecular formula is C11H26N2. The molecule has 0 saturated heterocycles. The Hall–Kier alpha value is -0.0800. The molecule has 0 rings (SSSR count). The number of hydrogen-bond acceptors (Lipinski definition) is 2. The van der Waals surface area contributed by atoms with Crippen molar-refractivity contribution in [2.45, 2.75) is 39.7 Å². The van der Waals surface area contributed by atoms with E-state index in [-0.39, 0.29) is 0 Å². The van der Waals surface area contributed by atoms with Crippen LogP contribution in [-0.2, 0) is 0 Å². The Kier molecular flexibility index (Phi) is 4.93. The molecule has 0 heterocycles. The molecule has 0 aromatic carbocycles. The van der Waals surface area contributed by atoms with Crippen LogP contribution in [0.5, 0.6) is 0 Å². The van der Waals surface area contributed by atoms with Crippen molar-refractivity contribution in [3.63, 3.8) is 0 Å². The quantitative estimate of drug-likeness (QED) is 0.608. The highest BCUT2D eigenvalue weighted by molar-refractivity contribution is 4.83. The van der Waals surface area contributed by atoms with Crippen LogP contribution in [-0.4, -0.2) is 43.2 Å². The first kappa shape index (κ1) is 12.9. The van der Waals surface area contributed by atoms with E-state index in [0.717, 1.165) is 12.6 Å². The standard InChI is InChI=1S/C11H26N2/c1-8-10(2)11(3,4)13(7)9-12(5)6/h10H,8-9H2,1-7H3. The van der Waals surface area contributed by atoms with Gasteiger partial charge in [-0.2, -0.15) is 0 Å². The van der Waals surface area contributed by atoms with Gasteiger partial charge in [0.2, 0.25) is 0 Å². The Morgan fingerprint density at radius 2 is 1.62 bits per heavy atom. The molecule has 0 aromatic rings. The van der Waals surface area contributed by atoms with Crippen molar-refractivity contribution in [3.8, 4) is 0 Å². The summed E-state index contributed by atoms with van der Waals surface area (Å²) in [6.07, 6.45) is 1.24. The SMILES string of the molecule is CCC(C)C(C)(C)N(C)CN(C)C. The average molecular weight is 186 g/mol. The lowest BCUT2D eigenvalue weighted by molar-refractivity contribution is 0.0541. The molecule has 13 heavy (non-hydrogen) atoms. The highest BCUT2D eigenvalue weighted by atomic mass is 15.3. The van der Waals surface area contributed by atoms with E-state index in [1.165, 1.54) is 6.42 Å². The van der Waals surface area contributed by atoms with Gasteiger partial charge in [-0.15, -0.1) is 0 Å². The molecular weight excluding hydrogens is 160 g/mol. The summed E-state index contributed by atoms with van der Waals surface area (Å²) in [5.41, 5.74) is 0.291. The van der Waals surface area contributed by atoms with Gasteiger partial charge < -0.3 is 0 Å². The van der Waals surface area contributed by atoms with E-state index in [0.29, 0.717) is 5.54 Å². The second-order valence-corrected chi connectivity index (χ2v) is 4.88. The minimum absolute atomic E-state index is 0.291. The lowest BCUT2D eigenvalue weighted by Crippen LogP contribution is -2.49. The Labute approximate surface area is 83.9 Å². The third kappa shape index (κ3) is 3.65. The zero-order chi connectivity index (χ0) is 10.6. The normalized spacial score (nSPS) is 15.5. The molecule has 1 atom stereocenters. The Morgan fingerprint density at radius 3 is 1.92 bits per heavy atom. The van der Waals surface area contributed by atoms with Crippen molar-refractivity contribution < 1.29 is 0 Å². The molecule has 0 aliphatic heterocycles. The van der Waals surface area contributed by atoms with Gasteiger partial charge in [0.05, 0.1) is 6.67 Å². The Bertz CT molecular complexity index is 141. The molecule has 0 aliphatic rings. The summed E-state index contributed by atoms with van der Waals surface area (Å²) in [4.78, 5) is 4.63. The third-order valence-corrected chi connectivity index (χ3v) is 3.30. The van der Waals surface area contributed by atoms with Crippen LogP contribution in [0.2, 0.25) is 0 Å². The Balaban J connectivity index is 4.25. The predicted molar refractivity (Wildman–Crippen MR) is 59.9 cm³/mol. The summed E-state index contributed by atoms with van der Waals surface area (Å²) in [7, 11) is 6.43. The van der Waals surface area contributed by atoms with E-state index in [9.17, 15) is 0 Å². The number of hydrogen-bond donors (Lipinski definition) is 0. The Morgan fingerprint density at radius 1 is 1.15 bits per heavy atom. The van der Waals surface area contributed by atoms with Crippen molar-refractivity contribution in [3.05, 3.63) is 0 Å². The monoisotopic (exact) mass is 186 g/mol. The summed E-state index contributed by atoms with van der Waals surface area (Å²) >= 11 is 0. The maximum atomic E-state index is 2.42. The first-order chi connectivity index (χ1) is 5.82. The molecule has 0 saturated carbocycles. The summed E-state index contributed by atoms with van der Waals surface area (Å²) < 4.78 is 0. The fourth-order valence-electron chi connectivity index (χ4n) is 1.48. The van der Waals surface area contributed by atoms with Crippen molar-refractivity contribution in [2.75, 3.05) is 27.8 Å². The number of rotatable bonds is 5. The van der Waals surface area contributed by atoms with Crippen molar-refractivity contribution in [1.82, 2.24) is 9.80 Å². The molecule has 0 aliphatic carbocycles. The molecule has 1 unspecified atom stereocenters. The van der Waals surface area contributed by atoms with Gasteiger partial charge in [-0.3, -0.25) is 9.80 Å². The molecule has 0 aromatic heterocycles. The van der Waals surface area contributed by atoms with Crippen LogP contribution in [0.25, 0.3) is 0 Å². The average Bonchev–Trinajstić information content (AvgIpc) is 2.01. The largest absolute Gasteiger partial charge is 0.297 e. The van der Waals surface area contributed by atoms with E-state index in [4.69, 9.17) is 0 Å². The molecule has 0 radical (unpaired) electrons. The van der Waals surface area contributed by atoms with Gasteiger partial charge in [-0.05, 0) is 40.9 Å². The molecule has 0 spiro atoms. The van der Waals surface area contributed by atoms with Crippen molar-refractivity contribution in [1.29, 1.82) is 0 Å². The summed E-state index contributed by atoms with van der Waals surface area (Å²) in [5, 5.41) is 0. The van der Waals surface area contributed by atoms with Crippen LogP contribution >= 0.6 is 0 Å². The molecule has 0 N–H and O–H groups in total. The van der Waals surface area contributed by atoms with E-state index in [2.05, 4.69) is 58.6 Å². The highest BCUT2D eigenvalue weighted by Gasteiger charge is 2.28. The molecule has 0 bridgehead atoms. The maximum absolute atomic E-state index is 2.42. The third-order valence-electron chi connectivity index (χ3n) is 3.30. The molecule has 2 heteroatoms. The van der Waals surface area contributed by atoms with Crippen LogP contribution in [0, 0.1) is 5.92 Å². The van der Waals surface area contributed by atoms with Crippen LogP contribution in [0.4, 0.5) is 0 Å². The van der Waals surface area contributed by atoms with E-state index in [1.54, 1.807) is 0 Å². The minimum Gasteiger partial charge on any atom is -0.297 e. The van der Waals surface area contributed by atoms with Gasteiger partial charge in [0, 0.05) is 5.54 Å². The topological polar surface area (TPSA) is 6.48 Å². The summed E-state index contributed by atoms with van der Waals surface area (Å²) in [6, 6.07) is 0. The van der Waals surface area contributed by atoms with Crippen LogP contribution < -0.4 is 0 Å². The second kappa shape index (κ2) is 4.97. The van der Waals surface area contributed by atoms with Gasteiger partial charge in [0.25, 0.3) is 0 Å². The fourth-order valence-corrected chi connectivity index (χ4v) is 1.48. The zero-order valence-corrected chi connectivity index (χ0v) is 10.4. The van der Waals surface area contributed by atoms with Crippen LogP contribution in [0.1, 0.15) is 34.1 Å². The van der Waals surface area contributed by atoms with Gasteiger partial charge in [0.15, 0.2) is 0 Å². The van der Waals surface area contributed by atoms with Gasteiger partial charge in [0.1, 0.15) is 0 Å². The lowest BCUT2D eigenvalue weighted by atomic mass is 9.86. The predicted octanol–water partition coefficient (Wildman–Crippen LogP) is 2.26. The molecule has 0 fully saturated rings. The van der Waals surface area contributed by atoms with Crippen LogP contribution in [0.15, 0.2) is 0 Å². The van der Waals surface area contributed by atoms with Crippen molar-refractivity contribution in [2.24, 2.45) is 5.92 Å². The molecule has 0 amide bonds. The van der Waals surface area contributed by atoms with Gasteiger partial charge in [-0.1, -0.05) is 20.3 Å². The summed E-state index contributed by atoms with van der Waals surface area (Å²) in [6.45, 7) is 10.3. The minimum atomic E-state index is 0.291. The number of nitrogens with zero attached hydrogens (tertiary/aromatic N) is 2. The van der Waals surface area contributed by atoms with Gasteiger partial charge >= 0.3 is 0 Å². The van der Waals surface area contributed by atoms with Crippen molar-refractivity contribution >= 4 is 0 Å². The zero-order valence-electron chi connectivity index (χ0n) is 10.4. The lowest BCUT2D eigenvalue weighted by Gasteiger charge is -2.41. The van der Waals surface area contributed by atoms with Gasteiger partial charge in [-0.25, -0.2) is 0 Å².